The zero-order valence-electron chi connectivity index (χ0n) is 11.1. The fourth-order valence-corrected chi connectivity index (χ4v) is 2.72. The number of hydrogen-bond acceptors (Lipinski definition) is 2. The lowest BCUT2D eigenvalue weighted by atomic mass is 9.79. The molecule has 1 unspecified atom stereocenters. The fourth-order valence-electron chi connectivity index (χ4n) is 2.72. The third-order valence-electron chi connectivity index (χ3n) is 3.93. The summed E-state index contributed by atoms with van der Waals surface area (Å²) in [6.07, 6.45) is 4.12. The van der Waals surface area contributed by atoms with E-state index in [-0.39, 0.29) is 5.91 Å². The van der Waals surface area contributed by atoms with Crippen LogP contribution in [0.25, 0.3) is 17.0 Å². The zero-order chi connectivity index (χ0) is 14.5. The molecule has 0 aliphatic heterocycles. The van der Waals surface area contributed by atoms with E-state index in [1.807, 2.05) is 12.1 Å². The van der Waals surface area contributed by atoms with Crippen molar-refractivity contribution in [2.45, 2.75) is 13.3 Å². The quantitative estimate of drug-likeness (QED) is 0.765. The molecular formula is C15H15N3O2. The molecule has 1 heterocycles. The highest BCUT2D eigenvalue weighted by atomic mass is 16.1. The molecule has 1 aromatic heterocycles. The number of benzene rings is 1. The number of amides is 2. The van der Waals surface area contributed by atoms with E-state index in [9.17, 15) is 9.59 Å². The third kappa shape index (κ3) is 1.63. The minimum absolute atomic E-state index is 0.367. The minimum atomic E-state index is -0.708. The molecule has 1 atom stereocenters. The molecule has 0 saturated heterocycles. The minimum Gasteiger partial charge on any atom is -0.369 e. The lowest BCUT2D eigenvalue weighted by Gasteiger charge is -2.25. The maximum absolute atomic E-state index is 11.6. The summed E-state index contributed by atoms with van der Waals surface area (Å²) in [4.78, 5) is 26.4. The monoisotopic (exact) mass is 269 g/mol. The second-order valence-corrected chi connectivity index (χ2v) is 5.40. The van der Waals surface area contributed by atoms with Crippen LogP contribution in [0.2, 0.25) is 0 Å². The van der Waals surface area contributed by atoms with E-state index in [2.05, 4.69) is 4.98 Å². The Labute approximate surface area is 115 Å². The number of rotatable bonds is 2. The van der Waals surface area contributed by atoms with Crippen LogP contribution in [0.3, 0.4) is 0 Å². The molecule has 1 aliphatic rings. The highest BCUT2D eigenvalue weighted by molar-refractivity contribution is 6.09. The van der Waals surface area contributed by atoms with Crippen LogP contribution in [0.1, 0.15) is 28.5 Å². The zero-order valence-corrected chi connectivity index (χ0v) is 11.1. The van der Waals surface area contributed by atoms with Crippen LogP contribution in [0, 0.1) is 5.41 Å². The number of H-pyrrole nitrogens is 1. The van der Waals surface area contributed by atoms with Gasteiger partial charge >= 0.3 is 0 Å². The molecule has 5 N–H and O–H groups in total. The second-order valence-electron chi connectivity index (χ2n) is 5.40. The van der Waals surface area contributed by atoms with Gasteiger partial charge in [-0.15, -0.1) is 0 Å². The number of primary amides is 2. The van der Waals surface area contributed by atoms with Gasteiger partial charge in [0, 0.05) is 34.1 Å². The van der Waals surface area contributed by atoms with Gasteiger partial charge in [-0.25, -0.2) is 0 Å². The molecule has 0 bridgehead atoms. The molecule has 102 valence electrons. The first-order valence-electron chi connectivity index (χ1n) is 6.35. The van der Waals surface area contributed by atoms with Crippen molar-refractivity contribution in [3.8, 4) is 0 Å². The average Bonchev–Trinajstić information content (AvgIpc) is 2.74. The van der Waals surface area contributed by atoms with E-state index in [4.69, 9.17) is 11.5 Å². The molecule has 1 aliphatic carbocycles. The first-order chi connectivity index (χ1) is 9.42. The van der Waals surface area contributed by atoms with Crippen molar-refractivity contribution in [3.05, 3.63) is 41.1 Å². The molecule has 0 radical (unpaired) electrons. The van der Waals surface area contributed by atoms with E-state index in [0.717, 1.165) is 22.2 Å². The Morgan fingerprint density at radius 1 is 1.30 bits per heavy atom. The predicted octanol–water partition coefficient (Wildman–Crippen LogP) is 1.33. The SMILES string of the molecule is CC1(C(N)=O)C=Cc2c([nH]c3cccc(C(N)=O)c23)C1. The summed E-state index contributed by atoms with van der Waals surface area (Å²) >= 11 is 0. The molecule has 5 heteroatoms. The third-order valence-corrected chi connectivity index (χ3v) is 3.93. The lowest BCUT2D eigenvalue weighted by molar-refractivity contribution is -0.124. The van der Waals surface area contributed by atoms with Crippen LogP contribution in [-0.4, -0.2) is 16.8 Å². The Morgan fingerprint density at radius 3 is 2.70 bits per heavy atom. The van der Waals surface area contributed by atoms with Crippen molar-refractivity contribution in [3.63, 3.8) is 0 Å². The van der Waals surface area contributed by atoms with Crippen LogP contribution in [-0.2, 0) is 11.2 Å². The van der Waals surface area contributed by atoms with Crippen LogP contribution in [0.4, 0.5) is 0 Å². The van der Waals surface area contributed by atoms with E-state index in [1.165, 1.54) is 0 Å². The Bertz CT molecular complexity index is 773. The second kappa shape index (κ2) is 3.96. The lowest BCUT2D eigenvalue weighted by Crippen LogP contribution is -2.35. The van der Waals surface area contributed by atoms with Crippen molar-refractivity contribution >= 4 is 28.8 Å². The van der Waals surface area contributed by atoms with Gasteiger partial charge in [0.1, 0.15) is 0 Å². The number of carbonyl (C=O) groups excluding carboxylic acids is 2. The van der Waals surface area contributed by atoms with Gasteiger partial charge in [0.25, 0.3) is 0 Å². The van der Waals surface area contributed by atoms with E-state index in [1.54, 1.807) is 25.1 Å². The maximum atomic E-state index is 11.6. The summed E-state index contributed by atoms with van der Waals surface area (Å²) < 4.78 is 0. The Kier molecular flexibility index (Phi) is 2.47. The van der Waals surface area contributed by atoms with Gasteiger partial charge in [-0.1, -0.05) is 18.2 Å². The van der Waals surface area contributed by atoms with Gasteiger partial charge in [0.05, 0.1) is 5.41 Å². The summed E-state index contributed by atoms with van der Waals surface area (Å²) in [7, 11) is 0. The van der Waals surface area contributed by atoms with E-state index in [0.29, 0.717) is 12.0 Å². The molecule has 0 saturated carbocycles. The molecular weight excluding hydrogens is 254 g/mol. The maximum Gasteiger partial charge on any atom is 0.249 e. The topological polar surface area (TPSA) is 102 Å². The summed E-state index contributed by atoms with van der Waals surface area (Å²) in [5.74, 6) is -0.831. The Morgan fingerprint density at radius 2 is 2.05 bits per heavy atom. The van der Waals surface area contributed by atoms with Gasteiger partial charge < -0.3 is 16.5 Å². The van der Waals surface area contributed by atoms with Gasteiger partial charge in [-0.2, -0.15) is 0 Å². The molecule has 2 amide bonds. The van der Waals surface area contributed by atoms with E-state index < -0.39 is 11.3 Å². The van der Waals surface area contributed by atoms with Crippen molar-refractivity contribution in [1.82, 2.24) is 4.98 Å². The molecule has 20 heavy (non-hydrogen) atoms. The first-order valence-corrected chi connectivity index (χ1v) is 6.35. The van der Waals surface area contributed by atoms with Crippen LogP contribution >= 0.6 is 0 Å². The van der Waals surface area contributed by atoms with Crippen LogP contribution in [0.5, 0.6) is 0 Å². The highest BCUT2D eigenvalue weighted by Gasteiger charge is 2.33. The van der Waals surface area contributed by atoms with Crippen molar-refractivity contribution < 1.29 is 9.59 Å². The number of fused-ring (bicyclic) bond motifs is 3. The average molecular weight is 269 g/mol. The van der Waals surface area contributed by atoms with Crippen molar-refractivity contribution in [2.75, 3.05) is 0 Å². The van der Waals surface area contributed by atoms with Crippen LogP contribution < -0.4 is 11.5 Å². The first kappa shape index (κ1) is 12.5. The Balaban J connectivity index is 2.25. The highest BCUT2D eigenvalue weighted by Crippen LogP contribution is 2.36. The smallest absolute Gasteiger partial charge is 0.249 e. The summed E-state index contributed by atoms with van der Waals surface area (Å²) in [5.41, 5.74) is 13.3. The number of nitrogens with one attached hydrogen (secondary N) is 1. The number of hydrogen-bond donors (Lipinski definition) is 3. The normalized spacial score (nSPS) is 20.9. The number of nitrogens with two attached hydrogens (primary N) is 2. The molecule has 1 aromatic carbocycles. The standard InChI is InChI=1S/C15H15N3O2/c1-15(14(17)20)6-5-8-11(7-15)18-10-4-2-3-9(12(8)10)13(16)19/h2-6,18H,7H2,1H3,(H2,16,19)(H2,17,20). The van der Waals surface area contributed by atoms with Gasteiger partial charge in [-0.3, -0.25) is 9.59 Å². The van der Waals surface area contributed by atoms with Gasteiger partial charge in [-0.05, 0) is 19.1 Å². The fraction of sp³-hybridized carbons (Fsp3) is 0.200. The van der Waals surface area contributed by atoms with Gasteiger partial charge in [0.15, 0.2) is 0 Å². The molecule has 0 spiro atoms. The molecule has 3 rings (SSSR count). The van der Waals surface area contributed by atoms with Crippen molar-refractivity contribution in [1.29, 1.82) is 0 Å². The Hall–Kier alpha value is -2.56. The number of aromatic nitrogens is 1. The molecule has 0 fully saturated rings. The number of carbonyl (C=O) groups is 2. The number of aromatic amines is 1. The van der Waals surface area contributed by atoms with Crippen molar-refractivity contribution in [2.24, 2.45) is 16.9 Å². The van der Waals surface area contributed by atoms with Gasteiger partial charge in [0.2, 0.25) is 11.8 Å². The van der Waals surface area contributed by atoms with Crippen LogP contribution in [0.15, 0.2) is 24.3 Å². The largest absolute Gasteiger partial charge is 0.369 e. The summed E-state index contributed by atoms with van der Waals surface area (Å²) in [6, 6.07) is 5.37. The molecule has 2 aromatic rings. The summed E-state index contributed by atoms with van der Waals surface area (Å²) in [6.45, 7) is 1.80. The molecule has 5 nitrogen and oxygen atoms in total. The predicted molar refractivity (Wildman–Crippen MR) is 76.9 cm³/mol. The van der Waals surface area contributed by atoms with E-state index >= 15 is 0 Å². The summed E-state index contributed by atoms with van der Waals surface area (Å²) in [5, 5.41) is 0.803.